The highest BCUT2D eigenvalue weighted by Gasteiger charge is 2.36. The second-order valence-electron chi connectivity index (χ2n) is 5.60. The van der Waals surface area contributed by atoms with E-state index in [1.165, 1.54) is 4.90 Å². The molecule has 2 amide bonds. The van der Waals surface area contributed by atoms with Gasteiger partial charge in [-0.15, -0.1) is 0 Å². The zero-order valence-electron chi connectivity index (χ0n) is 12.9. The lowest BCUT2D eigenvalue weighted by Gasteiger charge is -2.17. The monoisotopic (exact) mass is 308 g/mol. The number of aryl methyl sites for hydroxylation is 2. The maximum absolute atomic E-state index is 12.3. The molecular weight excluding hydrogens is 292 g/mol. The van der Waals surface area contributed by atoms with E-state index in [2.05, 4.69) is 5.32 Å². The van der Waals surface area contributed by atoms with Gasteiger partial charge < -0.3 is 5.32 Å². The van der Waals surface area contributed by atoms with Gasteiger partial charge in [0.1, 0.15) is 6.54 Å². The second-order valence-corrected chi connectivity index (χ2v) is 5.60. The molecule has 2 aromatic rings. The molecule has 1 N–H and O–H groups in total. The third-order valence-corrected chi connectivity index (χ3v) is 3.85. The molecule has 2 aromatic carbocycles. The number of nitrogens with zero attached hydrogens (tertiary/aromatic N) is 1. The third-order valence-electron chi connectivity index (χ3n) is 3.85. The molecule has 0 bridgehead atoms. The van der Waals surface area contributed by atoms with E-state index >= 15 is 0 Å². The molecule has 0 saturated carbocycles. The second kappa shape index (κ2) is 5.68. The van der Waals surface area contributed by atoms with Crippen molar-refractivity contribution >= 4 is 29.0 Å². The smallest absolute Gasteiger partial charge is 0.299 e. The molecule has 23 heavy (non-hydrogen) atoms. The molecule has 0 saturated heterocycles. The molecule has 1 aliphatic rings. The maximum atomic E-state index is 12.3. The number of hydrogen-bond donors (Lipinski definition) is 1. The summed E-state index contributed by atoms with van der Waals surface area (Å²) in [5.41, 5.74) is 3.51. The highest BCUT2D eigenvalue weighted by atomic mass is 16.2. The van der Waals surface area contributed by atoms with Crippen LogP contribution < -0.4 is 10.2 Å². The summed E-state index contributed by atoms with van der Waals surface area (Å²) in [5.74, 6) is -1.57. The number of ketones is 1. The average Bonchev–Trinajstić information content (AvgIpc) is 2.76. The molecule has 0 spiro atoms. The Bertz CT molecular complexity index is 827. The Morgan fingerprint density at radius 1 is 1.09 bits per heavy atom. The Morgan fingerprint density at radius 2 is 1.83 bits per heavy atom. The summed E-state index contributed by atoms with van der Waals surface area (Å²) < 4.78 is 0. The van der Waals surface area contributed by atoms with Gasteiger partial charge >= 0.3 is 0 Å². The highest BCUT2D eigenvalue weighted by Crippen LogP contribution is 2.28. The largest absolute Gasteiger partial charge is 0.324 e. The fraction of sp³-hybridized carbons (Fsp3) is 0.167. The van der Waals surface area contributed by atoms with E-state index in [1.54, 1.807) is 24.3 Å². The first kappa shape index (κ1) is 15.0. The SMILES string of the molecule is Cc1ccc(C)c(NC(=O)CN2C(=O)C(=O)c3ccccc32)c1. The van der Waals surface area contributed by atoms with E-state index in [0.29, 0.717) is 16.9 Å². The number of Topliss-reactive ketones (excluding diaryl/α,β-unsaturated/α-hetero) is 1. The standard InChI is InChI=1S/C18H16N2O3/c1-11-7-8-12(2)14(9-11)19-16(21)10-20-15-6-4-3-5-13(15)17(22)18(20)23/h3-9H,10H2,1-2H3,(H,19,21). The van der Waals surface area contributed by atoms with E-state index in [4.69, 9.17) is 0 Å². The number of nitrogens with one attached hydrogen (secondary N) is 1. The van der Waals surface area contributed by atoms with Crippen LogP contribution in [-0.4, -0.2) is 24.1 Å². The van der Waals surface area contributed by atoms with Crippen LogP contribution in [0.25, 0.3) is 0 Å². The summed E-state index contributed by atoms with van der Waals surface area (Å²) >= 11 is 0. The predicted octanol–water partition coefficient (Wildman–Crippen LogP) is 2.47. The first-order chi connectivity index (χ1) is 11.0. The van der Waals surface area contributed by atoms with Crippen molar-refractivity contribution in [3.63, 3.8) is 0 Å². The summed E-state index contributed by atoms with van der Waals surface area (Å²) in [6.45, 7) is 3.65. The summed E-state index contributed by atoms with van der Waals surface area (Å²) in [6.07, 6.45) is 0. The van der Waals surface area contributed by atoms with E-state index in [0.717, 1.165) is 11.1 Å². The number of carbonyl (C=O) groups is 3. The van der Waals surface area contributed by atoms with Gasteiger partial charge in [0.15, 0.2) is 0 Å². The quantitative estimate of drug-likeness (QED) is 0.886. The fourth-order valence-electron chi connectivity index (χ4n) is 2.61. The first-order valence-electron chi connectivity index (χ1n) is 7.29. The lowest BCUT2D eigenvalue weighted by atomic mass is 10.1. The molecular formula is C18H16N2O3. The van der Waals surface area contributed by atoms with Crippen LogP contribution in [0.15, 0.2) is 42.5 Å². The van der Waals surface area contributed by atoms with Gasteiger partial charge in [0.05, 0.1) is 11.3 Å². The topological polar surface area (TPSA) is 66.5 Å². The number of anilines is 2. The molecule has 5 nitrogen and oxygen atoms in total. The van der Waals surface area contributed by atoms with E-state index in [9.17, 15) is 14.4 Å². The van der Waals surface area contributed by atoms with Gasteiger partial charge in [-0.05, 0) is 43.2 Å². The van der Waals surface area contributed by atoms with Crippen molar-refractivity contribution in [2.24, 2.45) is 0 Å². The van der Waals surface area contributed by atoms with Crippen LogP contribution >= 0.6 is 0 Å². The van der Waals surface area contributed by atoms with E-state index in [1.807, 2.05) is 32.0 Å². The summed E-state index contributed by atoms with van der Waals surface area (Å²) in [5, 5.41) is 2.80. The Labute approximate surface area is 133 Å². The zero-order chi connectivity index (χ0) is 16.6. The van der Waals surface area contributed by atoms with Crippen LogP contribution in [0.1, 0.15) is 21.5 Å². The average molecular weight is 308 g/mol. The van der Waals surface area contributed by atoms with E-state index < -0.39 is 11.7 Å². The number of carbonyl (C=O) groups excluding carboxylic acids is 3. The van der Waals surface area contributed by atoms with Gasteiger partial charge in [0, 0.05) is 5.69 Å². The van der Waals surface area contributed by atoms with Crippen molar-refractivity contribution < 1.29 is 14.4 Å². The summed E-state index contributed by atoms with van der Waals surface area (Å²) in [4.78, 5) is 37.5. The number of amides is 2. The zero-order valence-corrected chi connectivity index (χ0v) is 12.9. The Balaban J connectivity index is 1.80. The summed E-state index contributed by atoms with van der Waals surface area (Å²) in [6, 6.07) is 12.5. The van der Waals surface area contributed by atoms with Crippen LogP contribution in [0.2, 0.25) is 0 Å². The van der Waals surface area contributed by atoms with Crippen molar-refractivity contribution in [2.75, 3.05) is 16.8 Å². The highest BCUT2D eigenvalue weighted by molar-refractivity contribution is 6.52. The lowest BCUT2D eigenvalue weighted by molar-refractivity contribution is -0.118. The Morgan fingerprint density at radius 3 is 2.61 bits per heavy atom. The molecule has 3 rings (SSSR count). The lowest BCUT2D eigenvalue weighted by Crippen LogP contribution is -2.37. The van der Waals surface area contributed by atoms with Gasteiger partial charge in [-0.1, -0.05) is 24.3 Å². The van der Waals surface area contributed by atoms with Crippen molar-refractivity contribution in [2.45, 2.75) is 13.8 Å². The minimum atomic E-state index is -0.665. The van der Waals surface area contributed by atoms with Crippen LogP contribution in [0, 0.1) is 13.8 Å². The normalized spacial score (nSPS) is 13.2. The maximum Gasteiger partial charge on any atom is 0.299 e. The van der Waals surface area contributed by atoms with Gasteiger partial charge in [0.25, 0.3) is 11.7 Å². The van der Waals surface area contributed by atoms with Gasteiger partial charge in [-0.25, -0.2) is 0 Å². The van der Waals surface area contributed by atoms with Gasteiger partial charge in [-0.3, -0.25) is 19.3 Å². The molecule has 0 radical (unpaired) electrons. The molecule has 0 atom stereocenters. The summed E-state index contributed by atoms with van der Waals surface area (Å²) in [7, 11) is 0. The van der Waals surface area contributed by atoms with Crippen LogP contribution in [0.5, 0.6) is 0 Å². The van der Waals surface area contributed by atoms with E-state index in [-0.39, 0.29) is 12.5 Å². The third kappa shape index (κ3) is 2.73. The number of benzene rings is 2. The number of rotatable bonds is 3. The van der Waals surface area contributed by atoms with Crippen molar-refractivity contribution in [1.82, 2.24) is 0 Å². The van der Waals surface area contributed by atoms with Crippen LogP contribution in [0.4, 0.5) is 11.4 Å². The molecule has 0 unspecified atom stereocenters. The van der Waals surface area contributed by atoms with Gasteiger partial charge in [-0.2, -0.15) is 0 Å². The molecule has 0 fully saturated rings. The molecule has 5 heteroatoms. The number of para-hydroxylation sites is 1. The molecule has 0 aliphatic carbocycles. The van der Waals surface area contributed by atoms with Crippen molar-refractivity contribution in [3.8, 4) is 0 Å². The molecule has 1 aliphatic heterocycles. The van der Waals surface area contributed by atoms with Gasteiger partial charge in [0.2, 0.25) is 5.91 Å². The van der Waals surface area contributed by atoms with Crippen molar-refractivity contribution in [3.05, 3.63) is 59.2 Å². The van der Waals surface area contributed by atoms with Crippen molar-refractivity contribution in [1.29, 1.82) is 0 Å². The number of fused-ring (bicyclic) bond motifs is 1. The predicted molar refractivity (Wildman–Crippen MR) is 87.7 cm³/mol. The Kier molecular flexibility index (Phi) is 3.70. The minimum absolute atomic E-state index is 0.186. The first-order valence-corrected chi connectivity index (χ1v) is 7.29. The Hall–Kier alpha value is -2.95. The molecule has 116 valence electrons. The fourth-order valence-corrected chi connectivity index (χ4v) is 2.61. The molecule has 0 aromatic heterocycles. The minimum Gasteiger partial charge on any atom is -0.324 e. The number of hydrogen-bond acceptors (Lipinski definition) is 3. The van der Waals surface area contributed by atoms with Crippen LogP contribution in [0.3, 0.4) is 0 Å². The van der Waals surface area contributed by atoms with Crippen LogP contribution in [-0.2, 0) is 9.59 Å². The molecule has 1 heterocycles.